The second-order valence-corrected chi connectivity index (χ2v) is 4.44. The van der Waals surface area contributed by atoms with Gasteiger partial charge in [0.1, 0.15) is 5.75 Å². The number of carboxylic acids is 1. The number of halogens is 2. The third-order valence-electron chi connectivity index (χ3n) is 1.55. The zero-order valence-corrected chi connectivity index (χ0v) is 10.5. The van der Waals surface area contributed by atoms with E-state index in [1.807, 2.05) is 0 Å². The van der Waals surface area contributed by atoms with Gasteiger partial charge >= 0.3 is 5.97 Å². The van der Waals surface area contributed by atoms with Gasteiger partial charge in [0, 0.05) is 4.47 Å². The van der Waals surface area contributed by atoms with Crippen LogP contribution in [0.5, 0.6) is 5.75 Å². The number of hydrogen-bond donors (Lipinski definition) is 1. The van der Waals surface area contributed by atoms with Crippen molar-refractivity contribution < 1.29 is 14.6 Å². The van der Waals surface area contributed by atoms with Gasteiger partial charge in [-0.05, 0) is 41.1 Å². The maximum atomic E-state index is 10.5. The zero-order valence-electron chi connectivity index (χ0n) is 7.33. The minimum absolute atomic E-state index is 0.517. The summed E-state index contributed by atoms with van der Waals surface area (Å²) in [5.74, 6) is -0.470. The number of carbonyl (C=O) groups is 1. The second-order valence-electron chi connectivity index (χ2n) is 2.67. The number of carboxylic acid groups (broad SMARTS) is 1. The molecule has 0 aromatic heterocycles. The Morgan fingerprint density at radius 2 is 2.14 bits per heavy atom. The predicted octanol–water partition coefficient (Wildman–Crippen LogP) is 3.06. The summed E-state index contributed by atoms with van der Waals surface area (Å²) in [6.07, 6.45) is -0.854. The highest BCUT2D eigenvalue weighted by Crippen LogP contribution is 2.28. The van der Waals surface area contributed by atoms with E-state index in [9.17, 15) is 4.79 Å². The van der Waals surface area contributed by atoms with Crippen LogP contribution in [0.2, 0.25) is 0 Å². The summed E-state index contributed by atoms with van der Waals surface area (Å²) in [6, 6.07) is 5.28. The van der Waals surface area contributed by atoms with Gasteiger partial charge in [-0.2, -0.15) is 0 Å². The molecule has 0 aliphatic heterocycles. The lowest BCUT2D eigenvalue weighted by Gasteiger charge is -2.11. The highest BCUT2D eigenvalue weighted by Gasteiger charge is 2.13. The van der Waals surface area contributed by atoms with E-state index < -0.39 is 12.1 Å². The number of hydrogen-bond acceptors (Lipinski definition) is 2. The lowest BCUT2D eigenvalue weighted by atomic mass is 10.3. The largest absolute Gasteiger partial charge is 0.479 e. The number of benzene rings is 1. The van der Waals surface area contributed by atoms with Crippen molar-refractivity contribution in [1.29, 1.82) is 0 Å². The molecule has 5 heteroatoms. The Balaban J connectivity index is 2.82. The monoisotopic (exact) mass is 322 g/mol. The van der Waals surface area contributed by atoms with E-state index in [2.05, 4.69) is 31.9 Å². The number of aliphatic carboxylic acids is 1. The molecule has 0 fully saturated rings. The van der Waals surface area contributed by atoms with Crippen molar-refractivity contribution in [3.63, 3.8) is 0 Å². The molecule has 0 bridgehead atoms. The molecule has 0 spiro atoms. The van der Waals surface area contributed by atoms with Crippen LogP contribution in [0.1, 0.15) is 6.92 Å². The molecule has 0 radical (unpaired) electrons. The zero-order chi connectivity index (χ0) is 10.7. The second kappa shape index (κ2) is 4.79. The molecule has 0 unspecified atom stereocenters. The summed E-state index contributed by atoms with van der Waals surface area (Å²) in [7, 11) is 0. The fraction of sp³-hybridized carbons (Fsp3) is 0.222. The average Bonchev–Trinajstić information content (AvgIpc) is 2.09. The third kappa shape index (κ3) is 2.99. The summed E-state index contributed by atoms with van der Waals surface area (Å²) in [4.78, 5) is 10.5. The highest BCUT2D eigenvalue weighted by atomic mass is 79.9. The molecular weight excluding hydrogens is 316 g/mol. The van der Waals surface area contributed by atoms with Gasteiger partial charge in [0.15, 0.2) is 6.10 Å². The molecule has 0 aliphatic rings. The van der Waals surface area contributed by atoms with Gasteiger partial charge in [-0.1, -0.05) is 15.9 Å². The van der Waals surface area contributed by atoms with Gasteiger partial charge < -0.3 is 9.84 Å². The van der Waals surface area contributed by atoms with E-state index in [-0.39, 0.29) is 0 Å². The van der Waals surface area contributed by atoms with E-state index >= 15 is 0 Å². The SMILES string of the molecule is C[C@@H](Oc1ccc(Br)cc1Br)C(=O)O. The molecule has 1 atom stereocenters. The molecule has 1 rings (SSSR count). The van der Waals surface area contributed by atoms with Crippen molar-refractivity contribution in [3.8, 4) is 5.75 Å². The quantitative estimate of drug-likeness (QED) is 0.930. The number of ether oxygens (including phenoxy) is 1. The first-order valence-electron chi connectivity index (χ1n) is 3.85. The Morgan fingerprint density at radius 3 is 2.64 bits per heavy atom. The molecule has 0 saturated carbocycles. The molecule has 14 heavy (non-hydrogen) atoms. The van der Waals surface area contributed by atoms with Gasteiger partial charge in [-0.3, -0.25) is 0 Å². The smallest absolute Gasteiger partial charge is 0.344 e. The maximum Gasteiger partial charge on any atom is 0.344 e. The average molecular weight is 324 g/mol. The van der Waals surface area contributed by atoms with Crippen molar-refractivity contribution in [2.24, 2.45) is 0 Å². The number of rotatable bonds is 3. The minimum atomic E-state index is -0.986. The standard InChI is InChI=1S/C9H8Br2O3/c1-5(9(12)13)14-8-3-2-6(10)4-7(8)11/h2-5H,1H3,(H,12,13)/t5-/m1/s1. The summed E-state index contributed by atoms with van der Waals surface area (Å²) < 4.78 is 6.82. The van der Waals surface area contributed by atoms with E-state index in [1.165, 1.54) is 6.92 Å². The molecular formula is C9H8Br2O3. The Kier molecular flexibility index (Phi) is 3.95. The Morgan fingerprint density at radius 1 is 1.50 bits per heavy atom. The van der Waals surface area contributed by atoms with Gasteiger partial charge in [0.05, 0.1) is 4.47 Å². The maximum absolute atomic E-state index is 10.5. The molecule has 0 saturated heterocycles. The van der Waals surface area contributed by atoms with Crippen LogP contribution in [0.4, 0.5) is 0 Å². The summed E-state index contributed by atoms with van der Waals surface area (Å²) >= 11 is 6.57. The van der Waals surface area contributed by atoms with Crippen molar-refractivity contribution >= 4 is 37.8 Å². The molecule has 0 amide bonds. The van der Waals surface area contributed by atoms with E-state index in [1.54, 1.807) is 18.2 Å². The van der Waals surface area contributed by atoms with Crippen molar-refractivity contribution in [2.45, 2.75) is 13.0 Å². The Hall–Kier alpha value is -0.550. The fourth-order valence-electron chi connectivity index (χ4n) is 0.812. The van der Waals surface area contributed by atoms with Crippen molar-refractivity contribution in [2.75, 3.05) is 0 Å². The first-order valence-corrected chi connectivity index (χ1v) is 5.44. The predicted molar refractivity (Wildman–Crippen MR) is 59.6 cm³/mol. The summed E-state index contributed by atoms with van der Waals surface area (Å²) in [5, 5.41) is 8.64. The van der Waals surface area contributed by atoms with E-state index in [0.717, 1.165) is 8.95 Å². The van der Waals surface area contributed by atoms with Gasteiger partial charge in [-0.25, -0.2) is 4.79 Å². The molecule has 3 nitrogen and oxygen atoms in total. The van der Waals surface area contributed by atoms with E-state index in [0.29, 0.717) is 5.75 Å². The van der Waals surface area contributed by atoms with Crippen LogP contribution < -0.4 is 4.74 Å². The molecule has 1 aromatic rings. The van der Waals surface area contributed by atoms with Crippen LogP contribution in [0.25, 0.3) is 0 Å². The Bertz CT molecular complexity index is 352. The first-order chi connectivity index (χ1) is 6.50. The lowest BCUT2D eigenvalue weighted by Crippen LogP contribution is -2.22. The highest BCUT2D eigenvalue weighted by molar-refractivity contribution is 9.11. The molecule has 0 aliphatic carbocycles. The van der Waals surface area contributed by atoms with Crippen LogP contribution in [0.3, 0.4) is 0 Å². The molecule has 0 heterocycles. The first kappa shape index (κ1) is 11.5. The van der Waals surface area contributed by atoms with Gasteiger partial charge in [0.2, 0.25) is 0 Å². The van der Waals surface area contributed by atoms with Crippen LogP contribution in [-0.4, -0.2) is 17.2 Å². The molecule has 1 N–H and O–H groups in total. The van der Waals surface area contributed by atoms with Crippen LogP contribution in [0, 0.1) is 0 Å². The topological polar surface area (TPSA) is 46.5 Å². The lowest BCUT2D eigenvalue weighted by molar-refractivity contribution is -0.144. The molecule has 76 valence electrons. The minimum Gasteiger partial charge on any atom is -0.479 e. The molecule has 1 aromatic carbocycles. The van der Waals surface area contributed by atoms with E-state index in [4.69, 9.17) is 9.84 Å². The summed E-state index contributed by atoms with van der Waals surface area (Å²) in [6.45, 7) is 1.48. The normalized spacial score (nSPS) is 12.2. The fourth-order valence-corrected chi connectivity index (χ4v) is 1.95. The Labute approximate surface area is 98.3 Å². The van der Waals surface area contributed by atoms with Gasteiger partial charge in [0.25, 0.3) is 0 Å². The third-order valence-corrected chi connectivity index (χ3v) is 2.66. The van der Waals surface area contributed by atoms with Crippen molar-refractivity contribution in [1.82, 2.24) is 0 Å². The summed E-state index contributed by atoms with van der Waals surface area (Å²) in [5.41, 5.74) is 0. The van der Waals surface area contributed by atoms with Crippen LogP contribution >= 0.6 is 31.9 Å². The van der Waals surface area contributed by atoms with Crippen molar-refractivity contribution in [3.05, 3.63) is 27.1 Å². The van der Waals surface area contributed by atoms with Crippen LogP contribution in [-0.2, 0) is 4.79 Å². The van der Waals surface area contributed by atoms with Gasteiger partial charge in [-0.15, -0.1) is 0 Å². The van der Waals surface area contributed by atoms with Crippen LogP contribution in [0.15, 0.2) is 27.1 Å².